The first kappa shape index (κ1) is 13.5. The monoisotopic (exact) mass is 271 g/mol. The van der Waals surface area contributed by atoms with Crippen molar-refractivity contribution in [3.63, 3.8) is 0 Å². The van der Waals surface area contributed by atoms with Crippen molar-refractivity contribution < 1.29 is 8.42 Å². The smallest absolute Gasteiger partial charge is 0.261 e. The van der Waals surface area contributed by atoms with E-state index < -0.39 is 10.0 Å². The van der Waals surface area contributed by atoms with Gasteiger partial charge in [-0.25, -0.2) is 17.7 Å². The molecule has 18 heavy (non-hydrogen) atoms. The highest BCUT2D eigenvalue weighted by atomic mass is 32.2. The summed E-state index contributed by atoms with van der Waals surface area (Å²) in [6.07, 6.45) is 3.70. The maximum absolute atomic E-state index is 12.3. The van der Waals surface area contributed by atoms with E-state index in [1.54, 1.807) is 14.1 Å². The van der Waals surface area contributed by atoms with Gasteiger partial charge in [0.2, 0.25) is 0 Å². The fourth-order valence-corrected chi connectivity index (χ4v) is 3.63. The third-order valence-corrected chi connectivity index (χ3v) is 5.34. The van der Waals surface area contributed by atoms with Crippen LogP contribution in [0.3, 0.4) is 0 Å². The van der Waals surface area contributed by atoms with E-state index in [9.17, 15) is 8.42 Å². The van der Waals surface area contributed by atoms with Gasteiger partial charge in [0.1, 0.15) is 5.82 Å². The lowest BCUT2D eigenvalue weighted by Gasteiger charge is -2.24. The second-order valence-corrected chi connectivity index (χ2v) is 7.10. The molecule has 2 rings (SSSR count). The average Bonchev–Trinajstić information content (AvgIpc) is 2.69. The number of hydrogen-bond donors (Lipinski definition) is 0. The van der Waals surface area contributed by atoms with Gasteiger partial charge in [0.25, 0.3) is 10.0 Å². The summed E-state index contributed by atoms with van der Waals surface area (Å²) in [6, 6.07) is 0.349. The number of fused-ring (bicyclic) bond motifs is 1. The van der Waals surface area contributed by atoms with Crippen LogP contribution < -0.4 is 0 Å². The van der Waals surface area contributed by atoms with E-state index in [-0.39, 0.29) is 5.03 Å². The number of sulfonamides is 1. The van der Waals surface area contributed by atoms with Gasteiger partial charge in [-0.05, 0) is 26.2 Å². The van der Waals surface area contributed by atoms with E-state index >= 15 is 0 Å². The molecule has 6 heteroatoms. The lowest BCUT2D eigenvalue weighted by atomic mass is 10.0. The van der Waals surface area contributed by atoms with Crippen molar-refractivity contribution in [2.75, 3.05) is 14.1 Å². The Balaban J connectivity index is 2.64. The Hall–Kier alpha value is -0.880. The van der Waals surface area contributed by atoms with Crippen LogP contribution in [0.15, 0.2) is 5.03 Å². The van der Waals surface area contributed by atoms with Crippen LogP contribution in [0.2, 0.25) is 0 Å². The fraction of sp³-hybridized carbons (Fsp3) is 0.750. The van der Waals surface area contributed by atoms with E-state index in [1.807, 2.05) is 6.92 Å². The lowest BCUT2D eigenvalue weighted by Crippen LogP contribution is -2.25. The van der Waals surface area contributed by atoms with Crippen molar-refractivity contribution in [2.24, 2.45) is 0 Å². The molecule has 102 valence electrons. The van der Waals surface area contributed by atoms with Gasteiger partial charge in [0.05, 0.1) is 5.69 Å². The Kier molecular flexibility index (Phi) is 3.51. The van der Waals surface area contributed by atoms with Crippen molar-refractivity contribution in [3.05, 3.63) is 11.5 Å². The molecule has 1 aliphatic rings. The molecule has 0 aliphatic carbocycles. The molecular weight excluding hydrogens is 250 g/mol. The molecular formula is C12H21N3O2S. The molecule has 2 heterocycles. The number of aromatic nitrogens is 2. The summed E-state index contributed by atoms with van der Waals surface area (Å²) >= 11 is 0. The number of hydrogen-bond acceptors (Lipinski definition) is 3. The van der Waals surface area contributed by atoms with Crippen LogP contribution in [0, 0.1) is 0 Å². The number of nitrogens with zero attached hydrogens (tertiary/aromatic N) is 3. The van der Waals surface area contributed by atoms with Crippen LogP contribution in [-0.2, 0) is 22.9 Å². The van der Waals surface area contributed by atoms with Crippen molar-refractivity contribution in [2.45, 2.75) is 50.6 Å². The lowest BCUT2D eigenvalue weighted by molar-refractivity contribution is 0.415. The van der Waals surface area contributed by atoms with Crippen molar-refractivity contribution in [1.29, 1.82) is 0 Å². The van der Waals surface area contributed by atoms with Crippen molar-refractivity contribution in [3.8, 4) is 0 Å². The zero-order chi connectivity index (χ0) is 13.5. The van der Waals surface area contributed by atoms with Crippen molar-refractivity contribution >= 4 is 10.0 Å². The van der Waals surface area contributed by atoms with Crippen LogP contribution in [-0.4, -0.2) is 36.4 Å². The number of rotatable bonds is 3. The number of aryl methyl sites for hydroxylation is 1. The molecule has 0 fully saturated rings. The summed E-state index contributed by atoms with van der Waals surface area (Å²) in [5.41, 5.74) is 0.888. The Labute approximate surface area is 109 Å². The van der Waals surface area contributed by atoms with Gasteiger partial charge in [0, 0.05) is 26.6 Å². The molecule has 0 radical (unpaired) electrons. The van der Waals surface area contributed by atoms with Crippen LogP contribution >= 0.6 is 0 Å². The van der Waals surface area contributed by atoms with Gasteiger partial charge in [-0.1, -0.05) is 6.92 Å². The summed E-state index contributed by atoms with van der Waals surface area (Å²) in [4.78, 5) is 4.39. The molecule has 1 aromatic heterocycles. The standard InChI is InChI=1S/C12H21N3O2S/c1-5-11-13-12(18(16,17)14(3)4)10-8-6-7-9(2)15(10)11/h9H,5-8H2,1-4H3. The Bertz CT molecular complexity index is 546. The van der Waals surface area contributed by atoms with Gasteiger partial charge in [-0.2, -0.15) is 0 Å². The van der Waals surface area contributed by atoms with Gasteiger partial charge in [-0.3, -0.25) is 0 Å². The normalized spacial score (nSPS) is 20.2. The number of imidazole rings is 1. The fourth-order valence-electron chi connectivity index (χ4n) is 2.57. The van der Waals surface area contributed by atoms with Gasteiger partial charge < -0.3 is 4.57 Å². The minimum Gasteiger partial charge on any atom is -0.328 e. The zero-order valence-corrected chi connectivity index (χ0v) is 12.3. The Morgan fingerprint density at radius 2 is 2.11 bits per heavy atom. The van der Waals surface area contributed by atoms with E-state index in [0.29, 0.717) is 6.04 Å². The van der Waals surface area contributed by atoms with E-state index in [0.717, 1.165) is 37.2 Å². The molecule has 0 N–H and O–H groups in total. The first-order valence-electron chi connectivity index (χ1n) is 6.42. The average molecular weight is 271 g/mol. The predicted molar refractivity (Wildman–Crippen MR) is 70.1 cm³/mol. The second kappa shape index (κ2) is 4.66. The summed E-state index contributed by atoms with van der Waals surface area (Å²) in [5.74, 6) is 0.887. The minimum absolute atomic E-state index is 0.260. The van der Waals surface area contributed by atoms with Crippen LogP contribution in [0.5, 0.6) is 0 Å². The molecule has 1 aromatic rings. The predicted octanol–water partition coefficient (Wildman–Crippen LogP) is 1.59. The highest BCUT2D eigenvalue weighted by Crippen LogP contribution is 2.31. The Morgan fingerprint density at radius 3 is 2.67 bits per heavy atom. The molecule has 1 atom stereocenters. The zero-order valence-electron chi connectivity index (χ0n) is 11.5. The van der Waals surface area contributed by atoms with Crippen molar-refractivity contribution in [1.82, 2.24) is 13.9 Å². The maximum Gasteiger partial charge on any atom is 0.261 e. The summed E-state index contributed by atoms with van der Waals surface area (Å²) in [5, 5.41) is 0.260. The summed E-state index contributed by atoms with van der Waals surface area (Å²) in [6.45, 7) is 4.15. The van der Waals surface area contributed by atoms with Gasteiger partial charge in [-0.15, -0.1) is 0 Å². The molecule has 1 aliphatic heterocycles. The molecule has 0 saturated carbocycles. The topological polar surface area (TPSA) is 55.2 Å². The van der Waals surface area contributed by atoms with E-state index in [4.69, 9.17) is 0 Å². The molecule has 5 nitrogen and oxygen atoms in total. The van der Waals surface area contributed by atoms with Crippen LogP contribution in [0.25, 0.3) is 0 Å². The molecule has 0 bridgehead atoms. The molecule has 1 unspecified atom stereocenters. The third kappa shape index (κ3) is 1.97. The van der Waals surface area contributed by atoms with Crippen LogP contribution in [0.4, 0.5) is 0 Å². The van der Waals surface area contributed by atoms with E-state index in [1.165, 1.54) is 4.31 Å². The van der Waals surface area contributed by atoms with Gasteiger partial charge in [0.15, 0.2) is 5.03 Å². The SMILES string of the molecule is CCc1nc(S(=O)(=O)N(C)C)c2n1C(C)CCC2. The first-order chi connectivity index (χ1) is 8.39. The maximum atomic E-state index is 12.3. The van der Waals surface area contributed by atoms with Crippen LogP contribution in [0.1, 0.15) is 44.2 Å². The molecule has 0 amide bonds. The first-order valence-corrected chi connectivity index (χ1v) is 7.86. The molecule has 0 aromatic carbocycles. The largest absolute Gasteiger partial charge is 0.328 e. The van der Waals surface area contributed by atoms with Gasteiger partial charge >= 0.3 is 0 Å². The summed E-state index contributed by atoms with van der Waals surface area (Å²) < 4.78 is 27.9. The Morgan fingerprint density at radius 1 is 1.44 bits per heavy atom. The minimum atomic E-state index is -3.43. The quantitative estimate of drug-likeness (QED) is 0.839. The third-order valence-electron chi connectivity index (χ3n) is 3.56. The second-order valence-electron chi connectivity index (χ2n) is 5.03. The summed E-state index contributed by atoms with van der Waals surface area (Å²) in [7, 11) is -0.321. The highest BCUT2D eigenvalue weighted by molar-refractivity contribution is 7.89. The van der Waals surface area contributed by atoms with E-state index in [2.05, 4.69) is 16.5 Å². The highest BCUT2D eigenvalue weighted by Gasteiger charge is 2.31. The molecule has 0 spiro atoms. The molecule has 0 saturated heterocycles.